The van der Waals surface area contributed by atoms with Gasteiger partial charge in [-0.2, -0.15) is 0 Å². The van der Waals surface area contributed by atoms with E-state index in [-0.39, 0.29) is 0 Å². The zero-order valence-corrected chi connectivity index (χ0v) is 14.0. The third-order valence-electron chi connectivity index (χ3n) is 3.65. The van der Waals surface area contributed by atoms with Gasteiger partial charge in [0.2, 0.25) is 0 Å². The van der Waals surface area contributed by atoms with E-state index in [2.05, 4.69) is 9.88 Å². The number of hydrogen-bond acceptors (Lipinski definition) is 4. The van der Waals surface area contributed by atoms with E-state index in [0.717, 1.165) is 34.9 Å². The summed E-state index contributed by atoms with van der Waals surface area (Å²) in [6.07, 6.45) is 1.79. The van der Waals surface area contributed by atoms with Gasteiger partial charge in [0.05, 0.1) is 5.69 Å². The minimum Gasteiger partial charge on any atom is -0.492 e. The molecular formula is C20H21N3O. The van der Waals surface area contributed by atoms with Gasteiger partial charge in [-0.05, 0) is 32.3 Å². The van der Waals surface area contributed by atoms with Crippen molar-refractivity contribution in [2.24, 2.45) is 0 Å². The van der Waals surface area contributed by atoms with Crippen molar-refractivity contribution in [2.45, 2.75) is 0 Å². The Labute approximate surface area is 142 Å². The molecule has 24 heavy (non-hydrogen) atoms. The monoisotopic (exact) mass is 319 g/mol. The van der Waals surface area contributed by atoms with E-state index in [0.29, 0.717) is 6.61 Å². The Bertz CT molecular complexity index is 788. The van der Waals surface area contributed by atoms with Crippen molar-refractivity contribution in [2.75, 3.05) is 27.2 Å². The van der Waals surface area contributed by atoms with Crippen LogP contribution in [-0.2, 0) is 0 Å². The molecule has 1 heterocycles. The SMILES string of the molecule is CN(C)CCOc1ccccc1-c1ccnc(-c2ccccc2)n1. The number of benzene rings is 2. The molecule has 3 aromatic rings. The first-order chi connectivity index (χ1) is 11.7. The van der Waals surface area contributed by atoms with Crippen LogP contribution in [0, 0.1) is 0 Å². The van der Waals surface area contributed by atoms with E-state index in [1.807, 2.05) is 74.8 Å². The highest BCUT2D eigenvalue weighted by molar-refractivity contribution is 5.69. The lowest BCUT2D eigenvalue weighted by Crippen LogP contribution is -2.19. The van der Waals surface area contributed by atoms with Crippen LogP contribution in [0.2, 0.25) is 0 Å². The van der Waals surface area contributed by atoms with Gasteiger partial charge in [0.25, 0.3) is 0 Å². The van der Waals surface area contributed by atoms with Crippen molar-refractivity contribution >= 4 is 0 Å². The molecule has 0 aliphatic heterocycles. The van der Waals surface area contributed by atoms with Gasteiger partial charge in [0.15, 0.2) is 5.82 Å². The maximum atomic E-state index is 5.95. The first-order valence-electron chi connectivity index (χ1n) is 7.99. The highest BCUT2D eigenvalue weighted by Gasteiger charge is 2.09. The molecule has 0 spiro atoms. The van der Waals surface area contributed by atoms with E-state index in [1.165, 1.54) is 0 Å². The second-order valence-corrected chi connectivity index (χ2v) is 5.78. The fourth-order valence-electron chi connectivity index (χ4n) is 2.38. The molecule has 0 bridgehead atoms. The van der Waals surface area contributed by atoms with Crippen LogP contribution in [0.4, 0.5) is 0 Å². The van der Waals surface area contributed by atoms with Crippen LogP contribution >= 0.6 is 0 Å². The fraction of sp³-hybridized carbons (Fsp3) is 0.200. The molecule has 0 atom stereocenters. The van der Waals surface area contributed by atoms with Crippen molar-refractivity contribution in [3.8, 4) is 28.4 Å². The molecule has 0 saturated carbocycles. The van der Waals surface area contributed by atoms with Gasteiger partial charge >= 0.3 is 0 Å². The van der Waals surface area contributed by atoms with Gasteiger partial charge in [-0.15, -0.1) is 0 Å². The molecule has 0 radical (unpaired) electrons. The second-order valence-electron chi connectivity index (χ2n) is 5.78. The lowest BCUT2D eigenvalue weighted by molar-refractivity contribution is 0.262. The quantitative estimate of drug-likeness (QED) is 0.693. The Morgan fingerprint density at radius 1 is 0.917 bits per heavy atom. The average molecular weight is 319 g/mol. The predicted octanol–water partition coefficient (Wildman–Crippen LogP) is 3.75. The maximum Gasteiger partial charge on any atom is 0.159 e. The molecule has 4 heteroatoms. The molecule has 0 aliphatic rings. The molecule has 0 saturated heterocycles. The molecule has 0 unspecified atom stereocenters. The van der Waals surface area contributed by atoms with Crippen LogP contribution in [0.5, 0.6) is 5.75 Å². The van der Waals surface area contributed by atoms with Crippen molar-refractivity contribution in [3.63, 3.8) is 0 Å². The fourth-order valence-corrected chi connectivity index (χ4v) is 2.38. The third-order valence-corrected chi connectivity index (χ3v) is 3.65. The highest BCUT2D eigenvalue weighted by atomic mass is 16.5. The first kappa shape index (κ1) is 16.1. The summed E-state index contributed by atoms with van der Waals surface area (Å²) < 4.78 is 5.95. The van der Waals surface area contributed by atoms with E-state index in [4.69, 9.17) is 9.72 Å². The van der Waals surface area contributed by atoms with Gasteiger partial charge < -0.3 is 9.64 Å². The number of ether oxygens (including phenoxy) is 1. The number of rotatable bonds is 6. The Balaban J connectivity index is 1.89. The molecule has 0 fully saturated rings. The van der Waals surface area contributed by atoms with Gasteiger partial charge in [-0.3, -0.25) is 0 Å². The zero-order chi connectivity index (χ0) is 16.8. The molecule has 4 nitrogen and oxygen atoms in total. The number of hydrogen-bond donors (Lipinski definition) is 0. The molecule has 0 amide bonds. The molecule has 122 valence electrons. The first-order valence-corrected chi connectivity index (χ1v) is 7.99. The predicted molar refractivity (Wildman–Crippen MR) is 97.0 cm³/mol. The zero-order valence-electron chi connectivity index (χ0n) is 14.0. The summed E-state index contributed by atoms with van der Waals surface area (Å²) in [5.74, 6) is 1.56. The Hall–Kier alpha value is -2.72. The Kier molecular flexibility index (Phi) is 5.18. The minimum absolute atomic E-state index is 0.640. The third kappa shape index (κ3) is 3.97. The van der Waals surface area contributed by atoms with Crippen LogP contribution in [0.1, 0.15) is 0 Å². The molecule has 1 aromatic heterocycles. The average Bonchev–Trinajstić information content (AvgIpc) is 2.63. The van der Waals surface area contributed by atoms with E-state index < -0.39 is 0 Å². The van der Waals surface area contributed by atoms with E-state index in [9.17, 15) is 0 Å². The number of para-hydroxylation sites is 1. The second kappa shape index (κ2) is 7.70. The summed E-state index contributed by atoms with van der Waals surface area (Å²) in [5, 5.41) is 0. The highest BCUT2D eigenvalue weighted by Crippen LogP contribution is 2.29. The van der Waals surface area contributed by atoms with Crippen LogP contribution in [0.25, 0.3) is 22.6 Å². The topological polar surface area (TPSA) is 38.2 Å². The molecular weight excluding hydrogens is 298 g/mol. The molecule has 0 N–H and O–H groups in total. The van der Waals surface area contributed by atoms with E-state index in [1.54, 1.807) is 6.20 Å². The minimum atomic E-state index is 0.640. The van der Waals surface area contributed by atoms with Gasteiger partial charge in [0, 0.05) is 23.9 Å². The summed E-state index contributed by atoms with van der Waals surface area (Å²) >= 11 is 0. The number of likely N-dealkylation sites (N-methyl/N-ethyl adjacent to an activating group) is 1. The normalized spacial score (nSPS) is 10.8. The van der Waals surface area contributed by atoms with Gasteiger partial charge in [-0.25, -0.2) is 9.97 Å². The van der Waals surface area contributed by atoms with Crippen molar-refractivity contribution in [1.82, 2.24) is 14.9 Å². The molecule has 0 aliphatic carbocycles. The largest absolute Gasteiger partial charge is 0.492 e. The van der Waals surface area contributed by atoms with Crippen LogP contribution in [0.15, 0.2) is 66.9 Å². The van der Waals surface area contributed by atoms with Crippen LogP contribution in [0.3, 0.4) is 0 Å². The van der Waals surface area contributed by atoms with Crippen molar-refractivity contribution < 1.29 is 4.74 Å². The molecule has 3 rings (SSSR count). The summed E-state index contributed by atoms with van der Waals surface area (Å²) in [4.78, 5) is 11.2. The number of nitrogens with zero attached hydrogens (tertiary/aromatic N) is 3. The smallest absolute Gasteiger partial charge is 0.159 e. The summed E-state index contributed by atoms with van der Waals surface area (Å²) in [6, 6.07) is 19.9. The van der Waals surface area contributed by atoms with Gasteiger partial charge in [0.1, 0.15) is 12.4 Å². The number of aromatic nitrogens is 2. The van der Waals surface area contributed by atoms with Gasteiger partial charge in [-0.1, -0.05) is 42.5 Å². The Morgan fingerprint density at radius 2 is 1.67 bits per heavy atom. The lowest BCUT2D eigenvalue weighted by atomic mass is 10.1. The van der Waals surface area contributed by atoms with Crippen molar-refractivity contribution in [3.05, 3.63) is 66.9 Å². The van der Waals surface area contributed by atoms with Crippen LogP contribution < -0.4 is 4.74 Å². The maximum absolute atomic E-state index is 5.95. The molecule has 2 aromatic carbocycles. The van der Waals surface area contributed by atoms with E-state index >= 15 is 0 Å². The lowest BCUT2D eigenvalue weighted by Gasteiger charge is -2.14. The summed E-state index contributed by atoms with van der Waals surface area (Å²) in [6.45, 7) is 1.51. The van der Waals surface area contributed by atoms with Crippen LogP contribution in [-0.4, -0.2) is 42.1 Å². The summed E-state index contributed by atoms with van der Waals surface area (Å²) in [5.41, 5.74) is 2.85. The standard InChI is InChI=1S/C20H21N3O/c1-23(2)14-15-24-19-11-7-6-10-17(19)18-12-13-21-20(22-18)16-8-4-3-5-9-16/h3-13H,14-15H2,1-2H3. The Morgan fingerprint density at radius 3 is 2.46 bits per heavy atom. The summed E-state index contributed by atoms with van der Waals surface area (Å²) in [7, 11) is 4.07. The van der Waals surface area contributed by atoms with Crippen molar-refractivity contribution in [1.29, 1.82) is 0 Å².